The van der Waals surface area contributed by atoms with Gasteiger partial charge in [0, 0.05) is 18.6 Å². The Labute approximate surface area is 114 Å². The number of nitrogens with zero attached hydrogens (tertiary/aromatic N) is 1. The number of aromatic hydroxyl groups is 1. The van der Waals surface area contributed by atoms with Crippen LogP contribution in [0.4, 0.5) is 0 Å². The minimum atomic E-state index is -2.87. The maximum atomic E-state index is 11.7. The fraction of sp³-hybridized carbons (Fsp3) is 0.571. The van der Waals surface area contributed by atoms with E-state index in [1.165, 1.54) is 5.56 Å². The minimum Gasteiger partial charge on any atom is -0.508 e. The van der Waals surface area contributed by atoms with Crippen LogP contribution in [-0.2, 0) is 16.3 Å². The Morgan fingerprint density at radius 3 is 2.89 bits per heavy atom. The second-order valence-corrected chi connectivity index (χ2v) is 7.83. The Kier molecular flexibility index (Phi) is 3.06. The highest BCUT2D eigenvalue weighted by molar-refractivity contribution is 7.91. The molecule has 1 aliphatic carbocycles. The number of phenolic OH excluding ortho intramolecular Hbond substituents is 1. The molecule has 1 aromatic carbocycles. The number of benzene rings is 1. The average Bonchev–Trinajstić information content (AvgIpc) is 2.73. The molecule has 2 unspecified atom stereocenters. The zero-order valence-electron chi connectivity index (χ0n) is 11.0. The Balaban J connectivity index is 1.89. The van der Waals surface area contributed by atoms with Crippen molar-refractivity contribution in [1.82, 2.24) is 4.90 Å². The van der Waals surface area contributed by atoms with Crippen molar-refractivity contribution in [3.05, 3.63) is 29.3 Å². The maximum absolute atomic E-state index is 11.7. The van der Waals surface area contributed by atoms with Gasteiger partial charge in [-0.1, -0.05) is 12.1 Å². The van der Waals surface area contributed by atoms with Crippen LogP contribution in [0.15, 0.2) is 18.2 Å². The molecule has 1 N–H and O–H groups in total. The van der Waals surface area contributed by atoms with Crippen molar-refractivity contribution in [2.24, 2.45) is 0 Å². The third-order valence-corrected chi connectivity index (χ3v) is 6.13. The summed E-state index contributed by atoms with van der Waals surface area (Å²) in [6, 6.07) is 5.97. The van der Waals surface area contributed by atoms with Crippen molar-refractivity contribution in [2.45, 2.75) is 31.8 Å². The lowest BCUT2D eigenvalue weighted by Gasteiger charge is -2.38. The van der Waals surface area contributed by atoms with Crippen molar-refractivity contribution in [1.29, 1.82) is 0 Å². The predicted molar refractivity (Wildman–Crippen MR) is 74.0 cm³/mol. The Hall–Kier alpha value is -1.07. The Bertz CT molecular complexity index is 597. The molecular weight excluding hydrogens is 262 g/mol. The monoisotopic (exact) mass is 281 g/mol. The molecule has 5 heteroatoms. The summed E-state index contributed by atoms with van der Waals surface area (Å²) in [5.74, 6) is 0.872. The molecule has 0 amide bonds. The van der Waals surface area contributed by atoms with Crippen molar-refractivity contribution < 1.29 is 13.5 Å². The SMILES string of the molecule is CC1CS(=O)(=O)CCN1C1CCc2c(O)cccc21. The molecule has 2 aliphatic rings. The van der Waals surface area contributed by atoms with Gasteiger partial charge < -0.3 is 5.11 Å². The van der Waals surface area contributed by atoms with E-state index >= 15 is 0 Å². The molecule has 3 rings (SSSR count). The zero-order valence-corrected chi connectivity index (χ0v) is 11.9. The quantitative estimate of drug-likeness (QED) is 0.847. The fourth-order valence-electron chi connectivity index (χ4n) is 3.43. The van der Waals surface area contributed by atoms with E-state index < -0.39 is 9.84 Å². The molecule has 0 saturated carbocycles. The van der Waals surface area contributed by atoms with Gasteiger partial charge in [-0.05, 0) is 37.0 Å². The summed E-state index contributed by atoms with van der Waals surface area (Å²) in [5.41, 5.74) is 2.21. The lowest BCUT2D eigenvalue weighted by Crippen LogP contribution is -2.48. The number of rotatable bonds is 1. The number of sulfone groups is 1. The predicted octanol–water partition coefficient (Wildman–Crippen LogP) is 1.50. The van der Waals surface area contributed by atoms with Crippen LogP contribution in [0.5, 0.6) is 5.75 Å². The average molecular weight is 281 g/mol. The van der Waals surface area contributed by atoms with E-state index in [9.17, 15) is 13.5 Å². The van der Waals surface area contributed by atoms with E-state index in [0.29, 0.717) is 12.3 Å². The van der Waals surface area contributed by atoms with E-state index in [0.717, 1.165) is 18.4 Å². The number of hydrogen-bond acceptors (Lipinski definition) is 4. The number of fused-ring (bicyclic) bond motifs is 1. The van der Waals surface area contributed by atoms with Gasteiger partial charge in [0.1, 0.15) is 5.75 Å². The van der Waals surface area contributed by atoms with Gasteiger partial charge in [0.15, 0.2) is 9.84 Å². The van der Waals surface area contributed by atoms with Crippen LogP contribution in [0.1, 0.15) is 30.5 Å². The van der Waals surface area contributed by atoms with E-state index in [-0.39, 0.29) is 23.6 Å². The molecule has 0 spiro atoms. The second-order valence-electron chi connectivity index (χ2n) is 5.60. The van der Waals surface area contributed by atoms with Crippen LogP contribution in [0.2, 0.25) is 0 Å². The first-order valence-corrected chi connectivity index (χ1v) is 8.57. The summed E-state index contributed by atoms with van der Waals surface area (Å²) in [5, 5.41) is 9.88. The van der Waals surface area contributed by atoms with Crippen molar-refractivity contribution in [2.75, 3.05) is 18.1 Å². The third-order valence-electron chi connectivity index (χ3n) is 4.34. The van der Waals surface area contributed by atoms with Gasteiger partial charge in [-0.2, -0.15) is 0 Å². The van der Waals surface area contributed by atoms with E-state index in [1.807, 2.05) is 13.0 Å². The first kappa shape index (κ1) is 12.9. The number of phenols is 1. The summed E-state index contributed by atoms with van der Waals surface area (Å²) < 4.78 is 23.3. The van der Waals surface area contributed by atoms with E-state index in [4.69, 9.17) is 0 Å². The molecule has 2 atom stereocenters. The van der Waals surface area contributed by atoms with Gasteiger partial charge in [-0.15, -0.1) is 0 Å². The lowest BCUT2D eigenvalue weighted by molar-refractivity contribution is 0.157. The van der Waals surface area contributed by atoms with Gasteiger partial charge in [0.05, 0.1) is 11.5 Å². The summed E-state index contributed by atoms with van der Waals surface area (Å²) in [6.07, 6.45) is 1.85. The van der Waals surface area contributed by atoms with Gasteiger partial charge in [-0.3, -0.25) is 4.90 Å². The summed E-state index contributed by atoms with van der Waals surface area (Å²) >= 11 is 0. The molecule has 1 fully saturated rings. The second kappa shape index (κ2) is 4.49. The highest BCUT2D eigenvalue weighted by Gasteiger charge is 2.36. The molecule has 0 radical (unpaired) electrons. The number of hydrogen-bond donors (Lipinski definition) is 1. The first-order valence-electron chi connectivity index (χ1n) is 6.75. The standard InChI is InChI=1S/C14H19NO3S/c1-10-9-19(17,18)8-7-15(10)13-6-5-12-11(13)3-2-4-14(12)16/h2-4,10,13,16H,5-9H2,1H3. The fourth-order valence-corrected chi connectivity index (χ4v) is 5.01. The summed E-state index contributed by atoms with van der Waals surface area (Å²) in [7, 11) is -2.87. The molecule has 0 bridgehead atoms. The summed E-state index contributed by atoms with van der Waals surface area (Å²) in [4.78, 5) is 2.28. The minimum absolute atomic E-state index is 0.0528. The molecule has 1 saturated heterocycles. The molecule has 1 aromatic rings. The lowest BCUT2D eigenvalue weighted by atomic mass is 10.0. The topological polar surface area (TPSA) is 57.6 Å². The highest BCUT2D eigenvalue weighted by atomic mass is 32.2. The summed E-state index contributed by atoms with van der Waals surface area (Å²) in [6.45, 7) is 2.58. The van der Waals surface area contributed by atoms with Crippen LogP contribution >= 0.6 is 0 Å². The third kappa shape index (κ3) is 2.25. The van der Waals surface area contributed by atoms with Crippen LogP contribution in [0, 0.1) is 0 Å². The maximum Gasteiger partial charge on any atom is 0.153 e. The first-order chi connectivity index (χ1) is 8.98. The van der Waals surface area contributed by atoms with Crippen LogP contribution in [0.3, 0.4) is 0 Å². The zero-order chi connectivity index (χ0) is 13.6. The van der Waals surface area contributed by atoms with Crippen LogP contribution in [-0.4, -0.2) is 42.5 Å². The van der Waals surface area contributed by atoms with Crippen molar-refractivity contribution >= 4 is 9.84 Å². The van der Waals surface area contributed by atoms with E-state index in [1.54, 1.807) is 6.07 Å². The molecule has 0 aromatic heterocycles. The van der Waals surface area contributed by atoms with E-state index in [2.05, 4.69) is 11.0 Å². The highest BCUT2D eigenvalue weighted by Crippen LogP contribution is 2.41. The molecule has 4 nitrogen and oxygen atoms in total. The normalized spacial score (nSPS) is 30.2. The van der Waals surface area contributed by atoms with Crippen molar-refractivity contribution in [3.8, 4) is 5.75 Å². The van der Waals surface area contributed by atoms with Gasteiger partial charge in [0.2, 0.25) is 0 Å². The van der Waals surface area contributed by atoms with Gasteiger partial charge in [0.25, 0.3) is 0 Å². The Morgan fingerprint density at radius 1 is 1.37 bits per heavy atom. The molecule has 1 aliphatic heterocycles. The molecule has 1 heterocycles. The van der Waals surface area contributed by atoms with Crippen LogP contribution < -0.4 is 0 Å². The largest absolute Gasteiger partial charge is 0.508 e. The van der Waals surface area contributed by atoms with Crippen LogP contribution in [0.25, 0.3) is 0 Å². The van der Waals surface area contributed by atoms with Gasteiger partial charge in [-0.25, -0.2) is 8.42 Å². The van der Waals surface area contributed by atoms with Crippen molar-refractivity contribution in [3.63, 3.8) is 0 Å². The molecular formula is C14H19NO3S. The van der Waals surface area contributed by atoms with Gasteiger partial charge >= 0.3 is 0 Å². The Morgan fingerprint density at radius 2 is 2.16 bits per heavy atom. The molecule has 104 valence electrons. The molecule has 19 heavy (non-hydrogen) atoms. The smallest absolute Gasteiger partial charge is 0.153 e.